The predicted octanol–water partition coefficient (Wildman–Crippen LogP) is 0.999. The molecule has 0 saturated heterocycles. The average molecular weight is 215 g/mol. The molecule has 1 aromatic rings. The van der Waals surface area contributed by atoms with Gasteiger partial charge in [-0.3, -0.25) is 4.72 Å². The molecule has 1 rings (SSSR count). The first-order valence-electron chi connectivity index (χ1n) is 4.11. The molecule has 0 bridgehead atoms. The Balaban J connectivity index is 2.70. The number of nitrogens with one attached hydrogen (secondary N) is 1. The van der Waals surface area contributed by atoms with Crippen molar-refractivity contribution in [3.63, 3.8) is 0 Å². The molecule has 78 valence electrons. The second-order valence-electron chi connectivity index (χ2n) is 2.82. The van der Waals surface area contributed by atoms with Gasteiger partial charge in [-0.2, -0.15) is 0 Å². The number of aromatic hydroxyl groups is 2. The highest BCUT2D eigenvalue weighted by atomic mass is 32.2. The number of benzene rings is 1. The molecule has 1 unspecified atom stereocenters. The van der Waals surface area contributed by atoms with Crippen LogP contribution in [0.4, 0.5) is 0 Å². The van der Waals surface area contributed by atoms with Gasteiger partial charge in [-0.15, -0.1) is 0 Å². The number of rotatable bonds is 4. The van der Waals surface area contributed by atoms with Crippen molar-refractivity contribution in [1.29, 1.82) is 0 Å². The number of phenols is 2. The summed E-state index contributed by atoms with van der Waals surface area (Å²) in [5, 5.41) is 27.8. The fourth-order valence-electron chi connectivity index (χ4n) is 1.03. The molecule has 4 nitrogen and oxygen atoms in total. The summed E-state index contributed by atoms with van der Waals surface area (Å²) in [4.78, 5) is 0. The first-order valence-corrected chi connectivity index (χ1v) is 5.33. The topological polar surface area (TPSA) is 72.7 Å². The lowest BCUT2D eigenvalue weighted by Gasteiger charge is -2.11. The van der Waals surface area contributed by atoms with E-state index in [1.54, 1.807) is 6.07 Å². The lowest BCUT2D eigenvalue weighted by atomic mass is 10.1. The Morgan fingerprint density at radius 1 is 1.36 bits per heavy atom. The number of aliphatic hydroxyl groups is 1. The van der Waals surface area contributed by atoms with Crippen molar-refractivity contribution in [2.75, 3.05) is 12.8 Å². The van der Waals surface area contributed by atoms with E-state index < -0.39 is 6.10 Å². The maximum absolute atomic E-state index is 9.60. The molecule has 0 fully saturated rings. The fourth-order valence-corrected chi connectivity index (χ4v) is 1.35. The van der Waals surface area contributed by atoms with Crippen molar-refractivity contribution >= 4 is 11.9 Å². The van der Waals surface area contributed by atoms with Gasteiger partial charge in [0, 0.05) is 6.54 Å². The molecule has 5 heteroatoms. The monoisotopic (exact) mass is 215 g/mol. The quantitative estimate of drug-likeness (QED) is 0.445. The van der Waals surface area contributed by atoms with Crippen LogP contribution in [0.5, 0.6) is 11.5 Å². The van der Waals surface area contributed by atoms with Crippen molar-refractivity contribution < 1.29 is 15.3 Å². The Kier molecular flexibility index (Phi) is 4.06. The molecule has 0 aliphatic rings. The van der Waals surface area contributed by atoms with E-state index in [-0.39, 0.29) is 11.5 Å². The van der Waals surface area contributed by atoms with Crippen LogP contribution in [0.15, 0.2) is 18.2 Å². The number of aliphatic hydroxyl groups excluding tert-OH is 1. The van der Waals surface area contributed by atoms with E-state index in [0.717, 1.165) is 0 Å². The predicted molar refractivity (Wildman–Crippen MR) is 56.2 cm³/mol. The first kappa shape index (κ1) is 11.2. The highest BCUT2D eigenvalue weighted by molar-refractivity contribution is 7.96. The molecule has 0 amide bonds. The molecule has 4 N–H and O–H groups in total. The molecule has 0 aliphatic heterocycles. The average Bonchev–Trinajstić information content (AvgIpc) is 2.18. The zero-order chi connectivity index (χ0) is 10.6. The van der Waals surface area contributed by atoms with Crippen molar-refractivity contribution in [1.82, 2.24) is 4.72 Å². The van der Waals surface area contributed by atoms with Gasteiger partial charge >= 0.3 is 0 Å². The van der Waals surface area contributed by atoms with Gasteiger partial charge in [-0.05, 0) is 24.0 Å². The smallest absolute Gasteiger partial charge is 0.157 e. The summed E-state index contributed by atoms with van der Waals surface area (Å²) >= 11 is 1.41. The number of hydrogen-bond donors (Lipinski definition) is 4. The molecule has 0 radical (unpaired) electrons. The molecule has 0 aliphatic carbocycles. The minimum absolute atomic E-state index is 0.182. The largest absolute Gasteiger partial charge is 0.504 e. The zero-order valence-electron chi connectivity index (χ0n) is 7.77. The lowest BCUT2D eigenvalue weighted by molar-refractivity contribution is 0.182. The van der Waals surface area contributed by atoms with E-state index >= 15 is 0 Å². The van der Waals surface area contributed by atoms with Gasteiger partial charge < -0.3 is 15.3 Å². The highest BCUT2D eigenvalue weighted by Gasteiger charge is 2.09. The minimum atomic E-state index is -0.686. The summed E-state index contributed by atoms with van der Waals surface area (Å²) < 4.78 is 2.90. The van der Waals surface area contributed by atoms with Crippen molar-refractivity contribution in [2.24, 2.45) is 0 Å². The van der Waals surface area contributed by atoms with Crippen LogP contribution in [0.25, 0.3) is 0 Å². The molecular weight excluding hydrogens is 202 g/mol. The number of hydrogen-bond acceptors (Lipinski definition) is 5. The summed E-state index contributed by atoms with van der Waals surface area (Å²) in [5.74, 6) is -0.399. The van der Waals surface area contributed by atoms with Crippen LogP contribution in [-0.2, 0) is 0 Å². The molecule has 1 atom stereocenters. The van der Waals surface area contributed by atoms with Gasteiger partial charge in [0.2, 0.25) is 0 Å². The third kappa shape index (κ3) is 2.80. The Bertz CT molecular complexity index is 306. The SMILES string of the molecule is CSNCC(O)c1ccc(O)c(O)c1. The maximum atomic E-state index is 9.60. The lowest BCUT2D eigenvalue weighted by Crippen LogP contribution is -2.14. The summed E-state index contributed by atoms with van der Waals surface area (Å²) in [6, 6.07) is 4.27. The van der Waals surface area contributed by atoms with E-state index in [2.05, 4.69) is 4.72 Å². The summed E-state index contributed by atoms with van der Waals surface area (Å²) in [7, 11) is 0. The van der Waals surface area contributed by atoms with Crippen LogP contribution in [-0.4, -0.2) is 28.1 Å². The van der Waals surface area contributed by atoms with E-state index in [9.17, 15) is 10.2 Å². The molecule has 1 aromatic carbocycles. The van der Waals surface area contributed by atoms with Crippen molar-refractivity contribution in [2.45, 2.75) is 6.10 Å². The maximum Gasteiger partial charge on any atom is 0.157 e. The third-order valence-corrected chi connectivity index (χ3v) is 2.26. The van der Waals surface area contributed by atoms with Crippen LogP contribution in [0.2, 0.25) is 0 Å². The van der Waals surface area contributed by atoms with Crippen LogP contribution < -0.4 is 4.72 Å². The van der Waals surface area contributed by atoms with E-state index in [1.165, 1.54) is 24.1 Å². The minimum Gasteiger partial charge on any atom is -0.504 e. The molecule has 0 spiro atoms. The van der Waals surface area contributed by atoms with E-state index in [0.29, 0.717) is 12.1 Å². The second kappa shape index (κ2) is 5.09. The van der Waals surface area contributed by atoms with Gasteiger partial charge in [-0.25, -0.2) is 0 Å². The third-order valence-electron chi connectivity index (χ3n) is 1.81. The second-order valence-corrected chi connectivity index (χ2v) is 3.51. The standard InChI is InChI=1S/C9H13NO3S/c1-14-10-5-9(13)6-2-3-7(11)8(12)4-6/h2-4,9-13H,5H2,1H3. The molecule has 0 saturated carbocycles. The summed E-state index contributed by atoms with van der Waals surface area (Å²) in [6.45, 7) is 0.394. The van der Waals surface area contributed by atoms with Crippen LogP contribution in [0, 0.1) is 0 Å². The zero-order valence-corrected chi connectivity index (χ0v) is 8.58. The van der Waals surface area contributed by atoms with Gasteiger partial charge in [0.25, 0.3) is 0 Å². The molecule has 14 heavy (non-hydrogen) atoms. The Morgan fingerprint density at radius 3 is 2.64 bits per heavy atom. The first-order chi connectivity index (χ1) is 6.65. The van der Waals surface area contributed by atoms with Crippen molar-refractivity contribution in [3.05, 3.63) is 23.8 Å². The molecule has 0 heterocycles. The summed E-state index contributed by atoms with van der Waals surface area (Å²) in [5.41, 5.74) is 0.571. The molecule has 0 aromatic heterocycles. The Hall–Kier alpha value is -0.910. The highest BCUT2D eigenvalue weighted by Crippen LogP contribution is 2.27. The summed E-state index contributed by atoms with van der Waals surface area (Å²) in [6.07, 6.45) is 1.18. The van der Waals surface area contributed by atoms with Gasteiger partial charge in [0.1, 0.15) is 0 Å². The van der Waals surface area contributed by atoms with Gasteiger partial charge in [-0.1, -0.05) is 18.0 Å². The van der Waals surface area contributed by atoms with Gasteiger partial charge in [0.05, 0.1) is 6.10 Å². The normalized spacial score (nSPS) is 12.7. The number of phenolic OH excluding ortho intramolecular Hbond substituents is 2. The Labute approximate surface area is 86.7 Å². The van der Waals surface area contributed by atoms with Crippen LogP contribution in [0.1, 0.15) is 11.7 Å². The van der Waals surface area contributed by atoms with Gasteiger partial charge in [0.15, 0.2) is 11.5 Å². The van der Waals surface area contributed by atoms with E-state index in [1.807, 2.05) is 6.26 Å². The fraction of sp³-hybridized carbons (Fsp3) is 0.333. The van der Waals surface area contributed by atoms with Crippen molar-refractivity contribution in [3.8, 4) is 11.5 Å². The van der Waals surface area contributed by atoms with Crippen LogP contribution in [0.3, 0.4) is 0 Å². The Morgan fingerprint density at radius 2 is 2.07 bits per heavy atom. The van der Waals surface area contributed by atoms with Crippen LogP contribution >= 0.6 is 11.9 Å². The van der Waals surface area contributed by atoms with E-state index in [4.69, 9.17) is 5.11 Å². The molecular formula is C9H13NO3S.